The molecule has 35 heavy (non-hydrogen) atoms. The highest BCUT2D eigenvalue weighted by Gasteiger charge is 2.31. The highest BCUT2D eigenvalue weighted by atomic mass is 15.1. The van der Waals surface area contributed by atoms with E-state index in [9.17, 15) is 0 Å². The van der Waals surface area contributed by atoms with Crippen molar-refractivity contribution in [3.63, 3.8) is 0 Å². The molecule has 178 valence electrons. The van der Waals surface area contributed by atoms with E-state index in [1.165, 1.54) is 60.1 Å². The van der Waals surface area contributed by atoms with E-state index in [-0.39, 0.29) is 0 Å². The van der Waals surface area contributed by atoms with Gasteiger partial charge in [-0.2, -0.15) is 0 Å². The molecule has 2 saturated heterocycles. The molecule has 0 radical (unpaired) electrons. The summed E-state index contributed by atoms with van der Waals surface area (Å²) in [5.74, 6) is 2.81. The summed E-state index contributed by atoms with van der Waals surface area (Å²) in [6.45, 7) is 2.17. The first-order chi connectivity index (χ1) is 17.3. The Hall–Kier alpha value is -3.22. The molecule has 4 aromatic rings. The summed E-state index contributed by atoms with van der Waals surface area (Å²) in [6, 6.07) is 18.4. The van der Waals surface area contributed by atoms with Crippen LogP contribution in [0.4, 0.5) is 0 Å². The lowest BCUT2D eigenvalue weighted by Gasteiger charge is -2.07. The maximum Gasteiger partial charge on any atom is 0.124 e. The smallest absolute Gasteiger partial charge is 0.124 e. The number of H-pyrrole nitrogens is 2. The molecule has 3 aliphatic rings. The number of aromatic amines is 2. The van der Waals surface area contributed by atoms with E-state index in [4.69, 9.17) is 4.98 Å². The average molecular weight is 465 g/mol. The lowest BCUT2D eigenvalue weighted by molar-refractivity contribution is 0.611. The van der Waals surface area contributed by atoms with E-state index in [1.54, 1.807) is 0 Å². The van der Waals surface area contributed by atoms with Crippen LogP contribution >= 0.6 is 0 Å². The lowest BCUT2D eigenvalue weighted by atomic mass is 10.00. The van der Waals surface area contributed by atoms with Gasteiger partial charge < -0.3 is 20.6 Å². The third kappa shape index (κ3) is 4.11. The second-order valence-corrected chi connectivity index (χ2v) is 10.3. The molecule has 0 spiro atoms. The van der Waals surface area contributed by atoms with Crippen molar-refractivity contribution in [2.45, 2.75) is 56.5 Å². The Balaban J connectivity index is 1.11. The van der Waals surface area contributed by atoms with Gasteiger partial charge in [0.25, 0.3) is 0 Å². The molecular weight excluding hydrogens is 432 g/mol. The Bertz CT molecular complexity index is 1300. The van der Waals surface area contributed by atoms with E-state index < -0.39 is 0 Å². The van der Waals surface area contributed by atoms with Crippen LogP contribution in [0.25, 0.3) is 33.6 Å². The minimum Gasteiger partial charge on any atom is -0.344 e. The van der Waals surface area contributed by atoms with Gasteiger partial charge in [-0.3, -0.25) is 0 Å². The molecule has 4 N–H and O–H groups in total. The van der Waals surface area contributed by atoms with Crippen molar-refractivity contribution in [3.8, 4) is 33.6 Å². The zero-order valence-corrected chi connectivity index (χ0v) is 20.0. The van der Waals surface area contributed by atoms with Gasteiger partial charge in [0, 0.05) is 17.2 Å². The third-order valence-corrected chi connectivity index (χ3v) is 7.80. The fraction of sp³-hybridized carbons (Fsp3) is 0.379. The SMILES string of the molecule is c1cc(-c2cnc(C3CCCN3)[nH]2)ccc1-c1ccc(-c2nc(C3CCCN3)[nH]c2C2CC2)cc1. The summed E-state index contributed by atoms with van der Waals surface area (Å²) in [4.78, 5) is 16.9. The van der Waals surface area contributed by atoms with Gasteiger partial charge in [-0.05, 0) is 68.3 Å². The molecule has 2 atom stereocenters. The van der Waals surface area contributed by atoms with Gasteiger partial charge in [0.2, 0.25) is 0 Å². The molecule has 2 unspecified atom stereocenters. The predicted octanol–water partition coefficient (Wildman–Crippen LogP) is 5.86. The Morgan fingerprint density at radius 3 is 1.83 bits per heavy atom. The van der Waals surface area contributed by atoms with Crippen LogP contribution in [0.1, 0.15) is 73.9 Å². The number of nitrogens with zero attached hydrogens (tertiary/aromatic N) is 2. The van der Waals surface area contributed by atoms with Crippen molar-refractivity contribution >= 4 is 0 Å². The highest BCUT2D eigenvalue weighted by Crippen LogP contribution is 2.44. The summed E-state index contributed by atoms with van der Waals surface area (Å²) in [7, 11) is 0. The van der Waals surface area contributed by atoms with Gasteiger partial charge in [-0.25, -0.2) is 9.97 Å². The van der Waals surface area contributed by atoms with Crippen molar-refractivity contribution in [1.82, 2.24) is 30.6 Å². The molecule has 0 amide bonds. The molecule has 1 saturated carbocycles. The first-order valence-electron chi connectivity index (χ1n) is 13.1. The Morgan fingerprint density at radius 2 is 1.23 bits per heavy atom. The van der Waals surface area contributed by atoms with Gasteiger partial charge in [0.15, 0.2) is 0 Å². The fourth-order valence-corrected chi connectivity index (χ4v) is 5.62. The number of hydrogen-bond acceptors (Lipinski definition) is 4. The second kappa shape index (κ2) is 8.77. The van der Waals surface area contributed by atoms with Crippen LogP contribution in [0.15, 0.2) is 54.7 Å². The minimum atomic E-state index is 0.363. The molecule has 2 aromatic carbocycles. The molecule has 0 bridgehead atoms. The van der Waals surface area contributed by atoms with Crippen molar-refractivity contribution in [2.24, 2.45) is 0 Å². The van der Waals surface area contributed by atoms with Gasteiger partial charge in [0.05, 0.1) is 29.7 Å². The van der Waals surface area contributed by atoms with Crippen LogP contribution in [-0.2, 0) is 0 Å². The second-order valence-electron chi connectivity index (χ2n) is 10.3. The molecule has 4 heterocycles. The largest absolute Gasteiger partial charge is 0.344 e. The fourth-order valence-electron chi connectivity index (χ4n) is 5.62. The first kappa shape index (κ1) is 21.1. The summed E-state index contributed by atoms with van der Waals surface area (Å²) >= 11 is 0. The van der Waals surface area contributed by atoms with Crippen molar-refractivity contribution in [3.05, 3.63) is 72.1 Å². The normalized spacial score (nSPS) is 22.2. The Kier molecular flexibility index (Phi) is 5.29. The number of rotatable bonds is 6. The minimum absolute atomic E-state index is 0.363. The van der Waals surface area contributed by atoms with Gasteiger partial charge in [0.1, 0.15) is 11.6 Å². The van der Waals surface area contributed by atoms with E-state index >= 15 is 0 Å². The maximum atomic E-state index is 5.07. The van der Waals surface area contributed by atoms with Crippen LogP contribution in [-0.4, -0.2) is 33.0 Å². The molecule has 3 fully saturated rings. The number of imidazole rings is 2. The van der Waals surface area contributed by atoms with Crippen LogP contribution in [0.5, 0.6) is 0 Å². The Morgan fingerprint density at radius 1 is 0.629 bits per heavy atom. The van der Waals surface area contributed by atoms with Crippen molar-refractivity contribution in [2.75, 3.05) is 13.1 Å². The van der Waals surface area contributed by atoms with Gasteiger partial charge >= 0.3 is 0 Å². The maximum absolute atomic E-state index is 5.07. The summed E-state index contributed by atoms with van der Waals surface area (Å²) in [5, 5.41) is 7.09. The van der Waals surface area contributed by atoms with Crippen LogP contribution < -0.4 is 10.6 Å². The monoisotopic (exact) mass is 464 g/mol. The summed E-state index contributed by atoms with van der Waals surface area (Å²) in [5.41, 5.74) is 8.37. The van der Waals surface area contributed by atoms with E-state index in [1.807, 2.05) is 6.20 Å². The third-order valence-electron chi connectivity index (χ3n) is 7.80. The topological polar surface area (TPSA) is 81.4 Å². The molecule has 2 aromatic heterocycles. The van der Waals surface area contributed by atoms with E-state index in [0.717, 1.165) is 42.5 Å². The van der Waals surface area contributed by atoms with Crippen LogP contribution in [0.3, 0.4) is 0 Å². The van der Waals surface area contributed by atoms with Crippen LogP contribution in [0.2, 0.25) is 0 Å². The van der Waals surface area contributed by atoms with Crippen molar-refractivity contribution < 1.29 is 0 Å². The number of hydrogen-bond donors (Lipinski definition) is 4. The predicted molar refractivity (Wildman–Crippen MR) is 139 cm³/mol. The highest BCUT2D eigenvalue weighted by molar-refractivity contribution is 5.72. The number of aromatic nitrogens is 4. The molecular formula is C29H32N6. The summed E-state index contributed by atoms with van der Waals surface area (Å²) in [6.07, 6.45) is 9.26. The molecule has 6 nitrogen and oxygen atoms in total. The molecule has 6 heteroatoms. The lowest BCUT2D eigenvalue weighted by Crippen LogP contribution is -2.14. The standard InChI is InChI=1S/C29H32N6/c1-3-23(30-15-1)28-32-17-25(33-28)20-9-5-18(6-10-20)19-7-11-21(12-8-19)26-27(22-13-14-22)35-29(34-26)24-4-2-16-31-24/h5-12,17,22-24,30-31H,1-4,13-16H2,(H,32,33)(H,34,35). The Labute approximate surface area is 206 Å². The van der Waals surface area contributed by atoms with Crippen LogP contribution in [0, 0.1) is 0 Å². The number of nitrogens with one attached hydrogen (secondary N) is 4. The zero-order valence-electron chi connectivity index (χ0n) is 20.0. The first-order valence-corrected chi connectivity index (χ1v) is 13.1. The van der Waals surface area contributed by atoms with Gasteiger partial charge in [-0.1, -0.05) is 48.5 Å². The number of benzene rings is 2. The molecule has 2 aliphatic heterocycles. The molecule has 7 rings (SSSR count). The van der Waals surface area contributed by atoms with E-state index in [2.05, 4.69) is 74.1 Å². The van der Waals surface area contributed by atoms with E-state index in [0.29, 0.717) is 18.0 Å². The zero-order chi connectivity index (χ0) is 23.2. The molecule has 1 aliphatic carbocycles. The van der Waals surface area contributed by atoms with Gasteiger partial charge in [-0.15, -0.1) is 0 Å². The average Bonchev–Trinajstić information content (AvgIpc) is 3.44. The summed E-state index contributed by atoms with van der Waals surface area (Å²) < 4.78 is 0. The quantitative estimate of drug-likeness (QED) is 0.288. The van der Waals surface area contributed by atoms with Crippen molar-refractivity contribution in [1.29, 1.82) is 0 Å².